The summed E-state index contributed by atoms with van der Waals surface area (Å²) in [5.41, 5.74) is 0. The number of methoxy groups -OCH3 is 1. The van der Waals surface area contributed by atoms with Crippen LogP contribution >= 0.6 is 0 Å². The molecule has 1 rings (SSSR count). The number of nitrogens with zero attached hydrogens (tertiary/aromatic N) is 2. The van der Waals surface area contributed by atoms with Crippen LogP contribution in [0.25, 0.3) is 0 Å². The molecule has 0 saturated carbocycles. The van der Waals surface area contributed by atoms with Crippen molar-refractivity contribution in [3.8, 4) is 0 Å². The molecule has 1 heterocycles. The zero-order chi connectivity index (χ0) is 12.7. The molecular weight excluding hydrogens is 220 g/mol. The lowest BCUT2D eigenvalue weighted by Crippen LogP contribution is -2.14. The van der Waals surface area contributed by atoms with Gasteiger partial charge in [0.1, 0.15) is 0 Å². The predicted molar refractivity (Wildman–Crippen MR) is 62.3 cm³/mol. The molecule has 17 heavy (non-hydrogen) atoms. The quantitative estimate of drug-likeness (QED) is 0.674. The second-order valence-electron chi connectivity index (χ2n) is 4.09. The van der Waals surface area contributed by atoms with Gasteiger partial charge in [0.2, 0.25) is 0 Å². The van der Waals surface area contributed by atoms with Crippen LogP contribution in [0.15, 0.2) is 18.7 Å². The highest BCUT2D eigenvalue weighted by Gasteiger charge is 2.13. The van der Waals surface area contributed by atoms with Crippen molar-refractivity contribution in [3.63, 3.8) is 0 Å². The maximum atomic E-state index is 11.6. The molecule has 0 saturated heterocycles. The Morgan fingerprint density at radius 3 is 2.82 bits per heavy atom. The van der Waals surface area contributed by atoms with Gasteiger partial charge in [0.05, 0.1) is 25.9 Å². The molecule has 0 aliphatic heterocycles. The molecule has 0 fully saturated rings. The molecule has 0 radical (unpaired) electrons. The van der Waals surface area contributed by atoms with Gasteiger partial charge in [0, 0.05) is 18.8 Å². The number of Topliss-reactive ketones (excluding diaryl/α,β-unsaturated/α-hetero) is 1. The Kier molecular flexibility index (Phi) is 5.39. The van der Waals surface area contributed by atoms with Gasteiger partial charge >= 0.3 is 5.97 Å². The number of imidazole rings is 1. The largest absolute Gasteiger partial charge is 0.469 e. The maximum Gasteiger partial charge on any atom is 0.308 e. The monoisotopic (exact) mass is 238 g/mol. The van der Waals surface area contributed by atoms with E-state index in [9.17, 15) is 9.59 Å². The highest BCUT2D eigenvalue weighted by molar-refractivity contribution is 5.78. The average Bonchev–Trinajstić information content (AvgIpc) is 2.80. The molecule has 1 aromatic heterocycles. The first-order valence-corrected chi connectivity index (χ1v) is 5.68. The number of carbonyl (C=O) groups excluding carboxylic acids is 2. The van der Waals surface area contributed by atoms with Gasteiger partial charge in [-0.05, 0) is 12.8 Å². The molecule has 5 heteroatoms. The number of rotatable bonds is 7. The van der Waals surface area contributed by atoms with Crippen LogP contribution in [0.1, 0.15) is 26.2 Å². The predicted octanol–water partition coefficient (Wildman–Crippen LogP) is 1.43. The molecule has 1 aromatic rings. The van der Waals surface area contributed by atoms with E-state index in [0.29, 0.717) is 25.8 Å². The van der Waals surface area contributed by atoms with Crippen LogP contribution in [-0.4, -0.2) is 28.4 Å². The molecule has 0 amide bonds. The first kappa shape index (κ1) is 13.4. The van der Waals surface area contributed by atoms with E-state index >= 15 is 0 Å². The zero-order valence-corrected chi connectivity index (χ0v) is 10.3. The van der Waals surface area contributed by atoms with Crippen LogP contribution in [0.3, 0.4) is 0 Å². The molecule has 0 spiro atoms. The standard InChI is InChI=1S/C12H18N2O3/c1-10(12(16)17-2)4-3-5-11(15)8-14-7-6-13-9-14/h6-7,9-10H,3-5,8H2,1-2H3. The first-order chi connectivity index (χ1) is 8.13. The topological polar surface area (TPSA) is 61.2 Å². The number of carbonyl (C=O) groups is 2. The van der Waals surface area contributed by atoms with Crippen LogP contribution < -0.4 is 0 Å². The lowest BCUT2D eigenvalue weighted by molar-refractivity contribution is -0.145. The third-order valence-corrected chi connectivity index (χ3v) is 2.61. The Balaban J connectivity index is 2.18. The Morgan fingerprint density at radius 2 is 2.24 bits per heavy atom. The first-order valence-electron chi connectivity index (χ1n) is 5.68. The molecule has 0 aliphatic carbocycles. The van der Waals surface area contributed by atoms with Crippen molar-refractivity contribution >= 4 is 11.8 Å². The van der Waals surface area contributed by atoms with Crippen LogP contribution in [0.2, 0.25) is 0 Å². The van der Waals surface area contributed by atoms with Gasteiger partial charge in [-0.15, -0.1) is 0 Å². The Labute approximate surface area is 101 Å². The average molecular weight is 238 g/mol. The summed E-state index contributed by atoms with van der Waals surface area (Å²) in [6, 6.07) is 0. The molecule has 5 nitrogen and oxygen atoms in total. The van der Waals surface area contributed by atoms with Crippen molar-refractivity contribution in [1.82, 2.24) is 9.55 Å². The molecular formula is C12H18N2O3. The number of esters is 1. The van der Waals surface area contributed by atoms with Crippen molar-refractivity contribution < 1.29 is 14.3 Å². The van der Waals surface area contributed by atoms with Crippen LogP contribution in [0, 0.1) is 5.92 Å². The lowest BCUT2D eigenvalue weighted by Gasteiger charge is -2.08. The van der Waals surface area contributed by atoms with Crippen molar-refractivity contribution in [1.29, 1.82) is 0 Å². The smallest absolute Gasteiger partial charge is 0.308 e. The maximum absolute atomic E-state index is 11.6. The van der Waals surface area contributed by atoms with E-state index in [1.807, 2.05) is 6.92 Å². The molecule has 0 N–H and O–H groups in total. The minimum Gasteiger partial charge on any atom is -0.469 e. The van der Waals surface area contributed by atoms with Gasteiger partial charge in [0.15, 0.2) is 5.78 Å². The number of ether oxygens (including phenoxy) is 1. The summed E-state index contributed by atoms with van der Waals surface area (Å²) in [6.45, 7) is 2.17. The highest BCUT2D eigenvalue weighted by Crippen LogP contribution is 2.10. The molecule has 0 aromatic carbocycles. The minimum absolute atomic E-state index is 0.138. The Bertz CT molecular complexity index is 360. The van der Waals surface area contributed by atoms with Gasteiger partial charge in [-0.25, -0.2) is 4.98 Å². The molecule has 0 bridgehead atoms. The molecule has 0 aliphatic rings. The fraction of sp³-hybridized carbons (Fsp3) is 0.583. The van der Waals surface area contributed by atoms with Crippen molar-refractivity contribution in [2.45, 2.75) is 32.7 Å². The third-order valence-electron chi connectivity index (χ3n) is 2.61. The van der Waals surface area contributed by atoms with Crippen molar-refractivity contribution in [3.05, 3.63) is 18.7 Å². The fourth-order valence-electron chi connectivity index (χ4n) is 1.59. The van der Waals surface area contributed by atoms with Crippen molar-refractivity contribution in [2.75, 3.05) is 7.11 Å². The van der Waals surface area contributed by atoms with Gasteiger partial charge in [-0.1, -0.05) is 6.92 Å². The van der Waals surface area contributed by atoms with Gasteiger partial charge < -0.3 is 9.30 Å². The second-order valence-corrected chi connectivity index (χ2v) is 4.09. The fourth-order valence-corrected chi connectivity index (χ4v) is 1.59. The van der Waals surface area contributed by atoms with Crippen LogP contribution in [0.5, 0.6) is 0 Å². The normalized spacial score (nSPS) is 12.1. The van der Waals surface area contributed by atoms with E-state index in [2.05, 4.69) is 9.72 Å². The number of aromatic nitrogens is 2. The van der Waals surface area contributed by atoms with Gasteiger partial charge in [0.25, 0.3) is 0 Å². The Hall–Kier alpha value is -1.65. The summed E-state index contributed by atoms with van der Waals surface area (Å²) in [7, 11) is 1.38. The lowest BCUT2D eigenvalue weighted by atomic mass is 10.0. The van der Waals surface area contributed by atoms with E-state index in [1.165, 1.54) is 7.11 Å². The van der Waals surface area contributed by atoms with E-state index in [-0.39, 0.29) is 17.7 Å². The van der Waals surface area contributed by atoms with Gasteiger partial charge in [-0.2, -0.15) is 0 Å². The zero-order valence-electron chi connectivity index (χ0n) is 10.3. The van der Waals surface area contributed by atoms with Crippen LogP contribution in [-0.2, 0) is 20.9 Å². The summed E-state index contributed by atoms with van der Waals surface area (Å²) in [5.74, 6) is -0.201. The highest BCUT2D eigenvalue weighted by atomic mass is 16.5. The van der Waals surface area contributed by atoms with E-state index < -0.39 is 0 Å². The third kappa shape index (κ3) is 4.80. The van der Waals surface area contributed by atoms with Gasteiger partial charge in [-0.3, -0.25) is 9.59 Å². The number of hydrogen-bond donors (Lipinski definition) is 0. The SMILES string of the molecule is COC(=O)C(C)CCCC(=O)Cn1ccnc1. The van der Waals surface area contributed by atoms with E-state index in [0.717, 1.165) is 0 Å². The molecule has 94 valence electrons. The Morgan fingerprint density at radius 1 is 1.47 bits per heavy atom. The summed E-state index contributed by atoms with van der Waals surface area (Å²) in [5, 5.41) is 0. The summed E-state index contributed by atoms with van der Waals surface area (Å²) >= 11 is 0. The summed E-state index contributed by atoms with van der Waals surface area (Å²) in [4.78, 5) is 26.6. The summed E-state index contributed by atoms with van der Waals surface area (Å²) in [6.07, 6.45) is 6.90. The molecule has 1 atom stereocenters. The minimum atomic E-state index is -0.216. The van der Waals surface area contributed by atoms with E-state index in [1.54, 1.807) is 23.3 Å². The van der Waals surface area contributed by atoms with Crippen molar-refractivity contribution in [2.24, 2.45) is 5.92 Å². The summed E-state index contributed by atoms with van der Waals surface area (Å²) < 4.78 is 6.36. The number of hydrogen-bond acceptors (Lipinski definition) is 4. The van der Waals surface area contributed by atoms with Crippen LogP contribution in [0.4, 0.5) is 0 Å². The molecule has 1 unspecified atom stereocenters. The number of ketones is 1. The van der Waals surface area contributed by atoms with E-state index in [4.69, 9.17) is 0 Å². The second kappa shape index (κ2) is 6.83.